The van der Waals surface area contributed by atoms with Crippen LogP contribution in [-0.2, 0) is 24.0 Å². The van der Waals surface area contributed by atoms with E-state index in [0.29, 0.717) is 6.41 Å². The van der Waals surface area contributed by atoms with E-state index in [2.05, 4.69) is 51.6 Å². The Morgan fingerprint density at radius 2 is 1.13 bits per heavy atom. The van der Waals surface area contributed by atoms with Gasteiger partial charge in [0.15, 0.2) is 11.6 Å². The number of Topliss-reactive ketones (excluding diaryl/α,β-unsaturated/α-hetero) is 2. The molecule has 0 fully saturated rings. The highest BCUT2D eigenvalue weighted by Gasteiger charge is 2.31. The summed E-state index contributed by atoms with van der Waals surface area (Å²) in [6, 6.07) is -2.12. The average Bonchev–Trinajstić information content (AvgIpc) is 2.80. The molecule has 14 heteroatoms. The van der Waals surface area contributed by atoms with Gasteiger partial charge in [-0.25, -0.2) is 0 Å². The average molecular weight is 538 g/mol. The van der Waals surface area contributed by atoms with Gasteiger partial charge in [-0.15, -0.1) is 0 Å². The van der Waals surface area contributed by atoms with Gasteiger partial charge in [-0.2, -0.15) is 0 Å². The van der Waals surface area contributed by atoms with Crippen molar-refractivity contribution in [2.75, 3.05) is 19.6 Å². The Morgan fingerprint density at radius 1 is 0.711 bits per heavy atom. The molecule has 0 aliphatic rings. The van der Waals surface area contributed by atoms with Gasteiger partial charge in [-0.1, -0.05) is 19.7 Å². The fourth-order valence-corrected chi connectivity index (χ4v) is 3.19. The summed E-state index contributed by atoms with van der Waals surface area (Å²) >= 11 is 0. The van der Waals surface area contributed by atoms with Crippen molar-refractivity contribution in [1.29, 1.82) is 0 Å². The van der Waals surface area contributed by atoms with Gasteiger partial charge in [0.1, 0.15) is 6.04 Å². The van der Waals surface area contributed by atoms with Crippen molar-refractivity contribution in [3.05, 3.63) is 37.2 Å². The fourth-order valence-electron chi connectivity index (χ4n) is 3.19. The van der Waals surface area contributed by atoms with Crippen LogP contribution in [0.4, 0.5) is 0 Å². The highest BCUT2D eigenvalue weighted by Crippen LogP contribution is 2.10. The lowest BCUT2D eigenvalue weighted by atomic mass is 9.95. The Morgan fingerprint density at radius 3 is 1.55 bits per heavy atom. The van der Waals surface area contributed by atoms with Crippen molar-refractivity contribution < 1.29 is 24.0 Å². The van der Waals surface area contributed by atoms with Crippen LogP contribution in [0.15, 0.2) is 37.2 Å². The van der Waals surface area contributed by atoms with E-state index in [-0.39, 0.29) is 61.9 Å². The summed E-state index contributed by atoms with van der Waals surface area (Å²) in [6.07, 6.45) is -0.114. The van der Waals surface area contributed by atoms with Crippen LogP contribution in [0.3, 0.4) is 0 Å². The molecule has 14 nitrogen and oxygen atoms in total. The third-order valence-electron chi connectivity index (χ3n) is 5.26. The van der Waals surface area contributed by atoms with Gasteiger partial charge in [-0.05, 0) is 20.8 Å². The highest BCUT2D eigenvalue weighted by atomic mass is 16.2. The first kappa shape index (κ1) is 33.8. The number of carbonyl (C=O) groups excluding carboxylic acids is 5. The summed E-state index contributed by atoms with van der Waals surface area (Å²) in [5.74, 6) is -3.40. The van der Waals surface area contributed by atoms with E-state index in [1.165, 1.54) is 6.92 Å². The van der Waals surface area contributed by atoms with E-state index >= 15 is 0 Å². The molecule has 0 saturated heterocycles. The summed E-state index contributed by atoms with van der Waals surface area (Å²) in [6.45, 7) is 15.5. The molecule has 0 saturated carbocycles. The third-order valence-corrected chi connectivity index (χ3v) is 5.26. The van der Waals surface area contributed by atoms with Gasteiger partial charge in [0.25, 0.3) is 0 Å². The third kappa shape index (κ3) is 14.4. The monoisotopic (exact) mass is 537 g/mol. The molecule has 0 aromatic heterocycles. The first-order chi connectivity index (χ1) is 17.7. The van der Waals surface area contributed by atoms with Gasteiger partial charge < -0.3 is 49.1 Å². The lowest BCUT2D eigenvalue weighted by Gasteiger charge is -2.25. The molecular formula is C24H43N9O5. The molecule has 3 amide bonds. The minimum absolute atomic E-state index is 0.0403. The van der Waals surface area contributed by atoms with Crippen LogP contribution in [0, 0.1) is 11.8 Å². The van der Waals surface area contributed by atoms with Crippen molar-refractivity contribution in [2.45, 2.75) is 51.7 Å². The minimum Gasteiger partial charge on any atom is -0.386 e. The maximum atomic E-state index is 13.3. The number of hydrogen-bond donors (Lipinski definition) is 9. The Kier molecular flexibility index (Phi) is 15.3. The van der Waals surface area contributed by atoms with Crippen LogP contribution in [-0.4, -0.2) is 67.6 Å². The molecule has 4 unspecified atom stereocenters. The van der Waals surface area contributed by atoms with Crippen LogP contribution in [0.1, 0.15) is 33.6 Å². The molecule has 0 aromatic rings. The van der Waals surface area contributed by atoms with E-state index < -0.39 is 41.4 Å². The minimum atomic E-state index is -1.12. The summed E-state index contributed by atoms with van der Waals surface area (Å²) in [5, 5.41) is 15.9. The molecule has 0 rings (SSSR count). The molecule has 0 spiro atoms. The van der Waals surface area contributed by atoms with E-state index in [4.69, 9.17) is 17.2 Å². The number of nitrogens with one attached hydrogen (secondary N) is 6. The van der Waals surface area contributed by atoms with Gasteiger partial charge in [0.2, 0.25) is 18.2 Å². The van der Waals surface area contributed by atoms with Crippen molar-refractivity contribution in [2.24, 2.45) is 29.0 Å². The number of ketones is 2. The van der Waals surface area contributed by atoms with E-state index in [0.717, 1.165) is 0 Å². The van der Waals surface area contributed by atoms with Crippen molar-refractivity contribution in [3.8, 4) is 0 Å². The summed E-state index contributed by atoms with van der Waals surface area (Å²) in [5.41, 5.74) is 16.7. The maximum absolute atomic E-state index is 13.3. The summed E-state index contributed by atoms with van der Waals surface area (Å²) in [4.78, 5) is 62.4. The summed E-state index contributed by atoms with van der Waals surface area (Å²) < 4.78 is 0. The molecule has 214 valence electrons. The van der Waals surface area contributed by atoms with Gasteiger partial charge in [-0.3, -0.25) is 24.0 Å². The molecular weight excluding hydrogens is 494 g/mol. The second-order valence-corrected chi connectivity index (χ2v) is 9.18. The molecule has 0 bridgehead atoms. The zero-order valence-corrected chi connectivity index (χ0v) is 22.4. The molecule has 0 aliphatic carbocycles. The lowest BCUT2D eigenvalue weighted by molar-refractivity contribution is -0.134. The molecule has 12 N–H and O–H groups in total. The highest BCUT2D eigenvalue weighted by molar-refractivity contribution is 5.95. The molecule has 0 aromatic carbocycles. The van der Waals surface area contributed by atoms with Gasteiger partial charge >= 0.3 is 0 Å². The number of nitrogens with two attached hydrogens (primary N) is 3. The molecule has 0 aliphatic heterocycles. The Balaban J connectivity index is 5.81. The smallest absolute Gasteiger partial charge is 0.225 e. The number of rotatable bonds is 21. The fraction of sp³-hybridized carbons (Fsp3) is 0.542. The van der Waals surface area contributed by atoms with Crippen LogP contribution in [0.2, 0.25) is 0 Å². The van der Waals surface area contributed by atoms with Crippen molar-refractivity contribution >= 4 is 29.8 Å². The lowest BCUT2D eigenvalue weighted by Crippen LogP contribution is -2.52. The predicted molar refractivity (Wildman–Crippen MR) is 144 cm³/mol. The zero-order chi connectivity index (χ0) is 29.4. The molecule has 4 atom stereocenters. The zero-order valence-electron chi connectivity index (χ0n) is 22.4. The second-order valence-electron chi connectivity index (χ2n) is 9.18. The van der Waals surface area contributed by atoms with Crippen LogP contribution in [0.5, 0.6) is 0 Å². The van der Waals surface area contributed by atoms with E-state index in [1.54, 1.807) is 13.8 Å². The Bertz CT molecular complexity index is 891. The van der Waals surface area contributed by atoms with Crippen LogP contribution >= 0.6 is 0 Å². The van der Waals surface area contributed by atoms with Gasteiger partial charge in [0, 0.05) is 38.5 Å². The number of hydrogen-bond acceptors (Lipinski definition) is 11. The largest absolute Gasteiger partial charge is 0.386 e. The number of amides is 3. The Hall–Kier alpha value is -4.23. The quantitative estimate of drug-likeness (QED) is 0.0685. The standard InChI is InChI=1S/C24H43N9O5/c1-13(2)32-23(37)19(10-29-16(5)26)8-22(36)20(11-30-17(6)27)33-24(38)18(9-28-15(4)25)7-21(35)14(3)31-12-34/h12-14,18-20,28-30H,4-11,25-27H2,1-3H3,(H,31,34)(H,32,37)(H,33,38). The SMILES string of the molecule is C=C(N)NCC(CC(=O)C(CNC(=C)N)NC(=O)C(CNC(=C)N)CC(=O)C(C)NC=O)C(=O)NC(C)C. The van der Waals surface area contributed by atoms with Crippen molar-refractivity contribution in [1.82, 2.24) is 31.9 Å². The van der Waals surface area contributed by atoms with E-state index in [9.17, 15) is 24.0 Å². The second kappa shape index (κ2) is 17.3. The van der Waals surface area contributed by atoms with Crippen LogP contribution in [0.25, 0.3) is 0 Å². The van der Waals surface area contributed by atoms with Crippen molar-refractivity contribution in [3.63, 3.8) is 0 Å². The normalized spacial score (nSPS) is 13.6. The molecule has 0 radical (unpaired) electrons. The van der Waals surface area contributed by atoms with E-state index in [1.807, 2.05) is 0 Å². The van der Waals surface area contributed by atoms with Gasteiger partial charge in [0.05, 0.1) is 35.3 Å². The first-order valence-corrected chi connectivity index (χ1v) is 12.1. The topological polar surface area (TPSA) is 236 Å². The summed E-state index contributed by atoms with van der Waals surface area (Å²) in [7, 11) is 0. The molecule has 38 heavy (non-hydrogen) atoms. The Labute approximate surface area is 223 Å². The van der Waals surface area contributed by atoms with Crippen LogP contribution < -0.4 is 49.1 Å². The first-order valence-electron chi connectivity index (χ1n) is 12.1. The predicted octanol–water partition coefficient (Wildman–Crippen LogP) is -2.66. The molecule has 0 heterocycles. The maximum Gasteiger partial charge on any atom is 0.225 e. The number of carbonyl (C=O) groups is 5.